The molecule has 2 amide bonds. The minimum Gasteiger partial charge on any atom is -0.481 e. The number of carboxylic acid groups (broad SMARTS) is 1. The second-order valence-corrected chi connectivity index (χ2v) is 5.45. The molecule has 0 aliphatic carbocycles. The van der Waals surface area contributed by atoms with Crippen LogP contribution in [0.25, 0.3) is 0 Å². The van der Waals surface area contributed by atoms with Gasteiger partial charge in [0.1, 0.15) is 0 Å². The van der Waals surface area contributed by atoms with E-state index in [2.05, 4.69) is 5.32 Å². The summed E-state index contributed by atoms with van der Waals surface area (Å²) in [6.45, 7) is 4.06. The van der Waals surface area contributed by atoms with Crippen molar-refractivity contribution in [2.24, 2.45) is 5.92 Å². The van der Waals surface area contributed by atoms with Crippen LogP contribution in [-0.4, -0.2) is 53.8 Å². The SMILES string of the molecule is CC1OCCC1NC(=O)N1CCC(CCC(=O)O)C1. The maximum atomic E-state index is 12.1. The number of rotatable bonds is 4. The molecule has 0 radical (unpaired) electrons. The van der Waals surface area contributed by atoms with Crippen LogP contribution in [0.2, 0.25) is 0 Å². The Labute approximate surface area is 113 Å². The van der Waals surface area contributed by atoms with E-state index >= 15 is 0 Å². The standard InChI is InChI=1S/C13H22N2O4/c1-9-11(5-7-19-9)14-13(18)15-6-4-10(8-15)2-3-12(16)17/h9-11H,2-8H2,1H3,(H,14,18)(H,16,17). The van der Waals surface area contributed by atoms with Gasteiger partial charge in [0, 0.05) is 26.1 Å². The Balaban J connectivity index is 1.73. The molecule has 2 rings (SSSR count). The number of likely N-dealkylation sites (tertiary alicyclic amines) is 1. The summed E-state index contributed by atoms with van der Waals surface area (Å²) in [6, 6.07) is 0.0609. The number of urea groups is 1. The molecule has 0 spiro atoms. The van der Waals surface area contributed by atoms with Crippen molar-refractivity contribution in [1.82, 2.24) is 10.2 Å². The zero-order valence-electron chi connectivity index (χ0n) is 11.3. The third-order valence-electron chi connectivity index (χ3n) is 4.02. The van der Waals surface area contributed by atoms with Crippen molar-refractivity contribution in [3.05, 3.63) is 0 Å². The number of hydrogen-bond donors (Lipinski definition) is 2. The minimum atomic E-state index is -0.764. The number of amides is 2. The van der Waals surface area contributed by atoms with Crippen LogP contribution in [0.15, 0.2) is 0 Å². The van der Waals surface area contributed by atoms with Crippen molar-refractivity contribution in [2.45, 2.75) is 44.8 Å². The lowest BCUT2D eigenvalue weighted by atomic mass is 10.0. The van der Waals surface area contributed by atoms with Gasteiger partial charge in [0.25, 0.3) is 0 Å². The van der Waals surface area contributed by atoms with Crippen LogP contribution in [0.3, 0.4) is 0 Å². The van der Waals surface area contributed by atoms with Crippen LogP contribution in [0.5, 0.6) is 0 Å². The first-order valence-corrected chi connectivity index (χ1v) is 6.95. The zero-order valence-corrected chi connectivity index (χ0v) is 11.3. The smallest absolute Gasteiger partial charge is 0.317 e. The Bertz CT molecular complexity index is 348. The van der Waals surface area contributed by atoms with Crippen LogP contribution in [0.4, 0.5) is 4.79 Å². The molecule has 0 aromatic carbocycles. The third kappa shape index (κ3) is 3.83. The quantitative estimate of drug-likeness (QED) is 0.800. The van der Waals surface area contributed by atoms with Gasteiger partial charge in [0.05, 0.1) is 12.1 Å². The summed E-state index contributed by atoms with van der Waals surface area (Å²) in [5.41, 5.74) is 0. The molecule has 2 N–H and O–H groups in total. The maximum Gasteiger partial charge on any atom is 0.317 e. The third-order valence-corrected chi connectivity index (χ3v) is 4.02. The van der Waals surface area contributed by atoms with E-state index in [0.29, 0.717) is 25.5 Å². The molecule has 19 heavy (non-hydrogen) atoms. The Kier molecular flexibility index (Phi) is 4.63. The van der Waals surface area contributed by atoms with Crippen LogP contribution in [0.1, 0.15) is 32.6 Å². The van der Waals surface area contributed by atoms with Crippen LogP contribution < -0.4 is 5.32 Å². The summed E-state index contributed by atoms with van der Waals surface area (Å²) in [5.74, 6) is -0.445. The van der Waals surface area contributed by atoms with Gasteiger partial charge in [-0.1, -0.05) is 0 Å². The van der Waals surface area contributed by atoms with E-state index in [4.69, 9.17) is 9.84 Å². The topological polar surface area (TPSA) is 78.9 Å². The lowest BCUT2D eigenvalue weighted by Gasteiger charge is -2.22. The fraction of sp³-hybridized carbons (Fsp3) is 0.846. The first kappa shape index (κ1) is 14.1. The predicted octanol–water partition coefficient (Wildman–Crippen LogP) is 1.06. The predicted molar refractivity (Wildman–Crippen MR) is 68.9 cm³/mol. The highest BCUT2D eigenvalue weighted by Crippen LogP contribution is 2.21. The molecule has 6 heteroatoms. The lowest BCUT2D eigenvalue weighted by Crippen LogP contribution is -2.46. The molecule has 3 unspecified atom stereocenters. The van der Waals surface area contributed by atoms with Gasteiger partial charge in [-0.05, 0) is 32.1 Å². The number of ether oxygens (including phenoxy) is 1. The average molecular weight is 270 g/mol. The van der Waals surface area contributed by atoms with E-state index in [0.717, 1.165) is 19.4 Å². The van der Waals surface area contributed by atoms with Crippen molar-refractivity contribution in [1.29, 1.82) is 0 Å². The van der Waals surface area contributed by atoms with Gasteiger partial charge < -0.3 is 20.1 Å². The second-order valence-electron chi connectivity index (χ2n) is 5.45. The first-order valence-electron chi connectivity index (χ1n) is 6.95. The second kappa shape index (κ2) is 6.23. The summed E-state index contributed by atoms with van der Waals surface area (Å²) in [4.78, 5) is 24.4. The van der Waals surface area contributed by atoms with E-state index in [-0.39, 0.29) is 24.6 Å². The van der Waals surface area contributed by atoms with Gasteiger partial charge in [-0.2, -0.15) is 0 Å². The van der Waals surface area contributed by atoms with Gasteiger partial charge in [0.15, 0.2) is 0 Å². The highest BCUT2D eigenvalue weighted by atomic mass is 16.5. The number of aliphatic carboxylic acids is 1. The van der Waals surface area contributed by atoms with Crippen LogP contribution >= 0.6 is 0 Å². The Morgan fingerprint density at radius 2 is 2.21 bits per heavy atom. The number of nitrogens with zero attached hydrogens (tertiary/aromatic N) is 1. The van der Waals surface area contributed by atoms with Gasteiger partial charge in [-0.3, -0.25) is 4.79 Å². The molecule has 0 aromatic rings. The van der Waals surface area contributed by atoms with Crippen molar-refractivity contribution in [2.75, 3.05) is 19.7 Å². The minimum absolute atomic E-state index is 0.0415. The number of carbonyl (C=O) groups is 2. The largest absolute Gasteiger partial charge is 0.481 e. The molecule has 6 nitrogen and oxygen atoms in total. The molecule has 2 fully saturated rings. The highest BCUT2D eigenvalue weighted by molar-refractivity contribution is 5.75. The monoisotopic (exact) mass is 270 g/mol. The summed E-state index contributed by atoms with van der Waals surface area (Å²) in [6.07, 6.45) is 2.69. The summed E-state index contributed by atoms with van der Waals surface area (Å²) >= 11 is 0. The summed E-state index contributed by atoms with van der Waals surface area (Å²) in [7, 11) is 0. The number of hydrogen-bond acceptors (Lipinski definition) is 3. The molecular formula is C13H22N2O4. The van der Waals surface area contributed by atoms with Crippen molar-refractivity contribution >= 4 is 12.0 Å². The van der Waals surface area contributed by atoms with Crippen LogP contribution in [-0.2, 0) is 9.53 Å². The molecule has 2 heterocycles. The fourth-order valence-electron chi connectivity index (χ4n) is 2.75. The molecule has 0 saturated carbocycles. The van der Waals surface area contributed by atoms with E-state index < -0.39 is 5.97 Å². The molecule has 2 saturated heterocycles. The Morgan fingerprint density at radius 3 is 2.84 bits per heavy atom. The molecule has 108 valence electrons. The van der Waals surface area contributed by atoms with E-state index in [9.17, 15) is 9.59 Å². The van der Waals surface area contributed by atoms with Gasteiger partial charge in [-0.25, -0.2) is 4.79 Å². The molecular weight excluding hydrogens is 248 g/mol. The van der Waals surface area contributed by atoms with Gasteiger partial charge in [-0.15, -0.1) is 0 Å². The highest BCUT2D eigenvalue weighted by Gasteiger charge is 2.30. The fourth-order valence-corrected chi connectivity index (χ4v) is 2.75. The number of nitrogens with one attached hydrogen (secondary N) is 1. The molecule has 2 aliphatic heterocycles. The van der Waals surface area contributed by atoms with E-state index in [1.165, 1.54) is 0 Å². The molecule has 0 aromatic heterocycles. The summed E-state index contributed by atoms with van der Waals surface area (Å²) < 4.78 is 5.42. The van der Waals surface area contributed by atoms with Gasteiger partial charge in [0.2, 0.25) is 0 Å². The maximum absolute atomic E-state index is 12.1. The summed E-state index contributed by atoms with van der Waals surface area (Å²) in [5, 5.41) is 11.7. The van der Waals surface area contributed by atoms with Gasteiger partial charge >= 0.3 is 12.0 Å². The Hall–Kier alpha value is -1.30. The molecule has 0 bridgehead atoms. The normalized spacial score (nSPS) is 30.6. The van der Waals surface area contributed by atoms with Crippen molar-refractivity contribution < 1.29 is 19.4 Å². The Morgan fingerprint density at radius 1 is 1.42 bits per heavy atom. The molecule has 2 aliphatic rings. The average Bonchev–Trinajstić information content (AvgIpc) is 2.97. The van der Waals surface area contributed by atoms with Crippen molar-refractivity contribution in [3.8, 4) is 0 Å². The van der Waals surface area contributed by atoms with E-state index in [1.807, 2.05) is 6.92 Å². The number of carboxylic acids is 1. The van der Waals surface area contributed by atoms with Crippen molar-refractivity contribution in [3.63, 3.8) is 0 Å². The van der Waals surface area contributed by atoms with E-state index in [1.54, 1.807) is 4.90 Å². The molecule has 3 atom stereocenters. The number of carbonyl (C=O) groups excluding carboxylic acids is 1. The first-order chi connectivity index (χ1) is 9.06. The lowest BCUT2D eigenvalue weighted by molar-refractivity contribution is -0.137. The zero-order chi connectivity index (χ0) is 13.8. The van der Waals surface area contributed by atoms with Crippen LogP contribution in [0, 0.1) is 5.92 Å².